The summed E-state index contributed by atoms with van der Waals surface area (Å²) >= 11 is 0. The van der Waals surface area contributed by atoms with Gasteiger partial charge in [0.2, 0.25) is 0 Å². The second kappa shape index (κ2) is 5.90. The lowest BCUT2D eigenvalue weighted by Crippen LogP contribution is -2.49. The molecular formula is C14H25N3O2. The maximum Gasteiger partial charge on any atom is 0.268 e. The second-order valence-electron chi connectivity index (χ2n) is 6.13. The molecule has 5 nitrogen and oxygen atoms in total. The molecule has 0 aliphatic carbocycles. The lowest BCUT2D eigenvalue weighted by atomic mass is 9.88. The van der Waals surface area contributed by atoms with E-state index in [0.29, 0.717) is 12.1 Å². The molecule has 0 aromatic carbocycles. The molecule has 1 spiro atoms. The van der Waals surface area contributed by atoms with Crippen LogP contribution >= 0.6 is 0 Å². The van der Waals surface area contributed by atoms with Crippen molar-refractivity contribution >= 4 is 11.6 Å². The summed E-state index contributed by atoms with van der Waals surface area (Å²) in [6.45, 7) is 7.63. The molecule has 1 fully saturated rings. The van der Waals surface area contributed by atoms with Crippen LogP contribution in [0.25, 0.3) is 0 Å². The second-order valence-corrected chi connectivity index (χ2v) is 6.13. The van der Waals surface area contributed by atoms with E-state index >= 15 is 0 Å². The van der Waals surface area contributed by atoms with Gasteiger partial charge >= 0.3 is 0 Å². The molecule has 0 bridgehead atoms. The van der Waals surface area contributed by atoms with Crippen molar-refractivity contribution < 1.29 is 9.63 Å². The molecule has 0 aromatic heterocycles. The maximum absolute atomic E-state index is 11.6. The minimum atomic E-state index is -0.253. The van der Waals surface area contributed by atoms with E-state index in [1.807, 2.05) is 0 Å². The molecule has 5 heteroatoms. The van der Waals surface area contributed by atoms with Crippen molar-refractivity contribution in [2.45, 2.75) is 45.1 Å². The molecule has 0 radical (unpaired) electrons. The van der Waals surface area contributed by atoms with Gasteiger partial charge in [-0.15, -0.1) is 0 Å². The van der Waals surface area contributed by atoms with Crippen LogP contribution in [0.2, 0.25) is 0 Å². The van der Waals surface area contributed by atoms with E-state index in [2.05, 4.69) is 29.2 Å². The average Bonchev–Trinajstić information content (AvgIpc) is 2.79. The van der Waals surface area contributed by atoms with Crippen molar-refractivity contribution in [2.24, 2.45) is 11.1 Å². The first-order valence-corrected chi connectivity index (χ1v) is 7.24. The topological polar surface area (TPSA) is 53.9 Å². The van der Waals surface area contributed by atoms with E-state index in [1.54, 1.807) is 7.05 Å². The standard InChI is InChI=1S/C14H25N3O2/c1-11(2)5-8-17-7-4-6-14(10-17)9-12(16-19-14)13(18)15-3/h11H,4-10H2,1-3H3,(H,15,18)/t14-/m1/s1. The molecule has 19 heavy (non-hydrogen) atoms. The number of likely N-dealkylation sites (tertiary alicyclic amines) is 1. The average molecular weight is 267 g/mol. The summed E-state index contributed by atoms with van der Waals surface area (Å²) in [4.78, 5) is 19.7. The number of rotatable bonds is 4. The molecule has 2 rings (SSSR count). The molecule has 108 valence electrons. The molecule has 1 saturated heterocycles. The van der Waals surface area contributed by atoms with Gasteiger partial charge in [0, 0.05) is 20.0 Å². The minimum Gasteiger partial charge on any atom is -0.387 e. The summed E-state index contributed by atoms with van der Waals surface area (Å²) in [5.41, 5.74) is 0.282. The Morgan fingerprint density at radius 3 is 3.05 bits per heavy atom. The smallest absolute Gasteiger partial charge is 0.268 e. The van der Waals surface area contributed by atoms with Gasteiger partial charge in [0.05, 0.1) is 0 Å². The third-order valence-corrected chi connectivity index (χ3v) is 3.97. The van der Waals surface area contributed by atoms with Crippen LogP contribution in [0.1, 0.15) is 39.5 Å². The van der Waals surface area contributed by atoms with Crippen LogP contribution in [0.4, 0.5) is 0 Å². The highest BCUT2D eigenvalue weighted by atomic mass is 16.7. The lowest BCUT2D eigenvalue weighted by molar-refractivity contribution is -0.114. The Kier molecular flexibility index (Phi) is 4.45. The zero-order valence-corrected chi connectivity index (χ0v) is 12.2. The van der Waals surface area contributed by atoms with Gasteiger partial charge in [-0.1, -0.05) is 19.0 Å². The first-order chi connectivity index (χ1) is 9.04. The van der Waals surface area contributed by atoms with Crippen molar-refractivity contribution in [1.82, 2.24) is 10.2 Å². The molecule has 2 aliphatic heterocycles. The number of hydrogen-bond acceptors (Lipinski definition) is 4. The molecule has 1 amide bonds. The third-order valence-electron chi connectivity index (χ3n) is 3.97. The third kappa shape index (κ3) is 3.47. The summed E-state index contributed by atoms with van der Waals surface area (Å²) in [5.74, 6) is 0.608. The number of carbonyl (C=O) groups is 1. The summed E-state index contributed by atoms with van der Waals surface area (Å²) < 4.78 is 0. The van der Waals surface area contributed by atoms with Crippen LogP contribution in [0.5, 0.6) is 0 Å². The van der Waals surface area contributed by atoms with Gasteiger partial charge < -0.3 is 10.2 Å². The van der Waals surface area contributed by atoms with E-state index in [0.717, 1.165) is 38.4 Å². The van der Waals surface area contributed by atoms with Gasteiger partial charge in [-0.05, 0) is 38.3 Å². The molecular weight excluding hydrogens is 242 g/mol. The Hall–Kier alpha value is -1.10. The molecule has 2 heterocycles. The monoisotopic (exact) mass is 267 g/mol. The zero-order valence-electron chi connectivity index (χ0n) is 12.2. The highest BCUT2D eigenvalue weighted by molar-refractivity contribution is 6.39. The van der Waals surface area contributed by atoms with Gasteiger partial charge in [0.15, 0.2) is 5.60 Å². The van der Waals surface area contributed by atoms with E-state index < -0.39 is 0 Å². The van der Waals surface area contributed by atoms with E-state index in [-0.39, 0.29) is 11.5 Å². The van der Waals surface area contributed by atoms with Gasteiger partial charge in [-0.3, -0.25) is 9.69 Å². The number of oxime groups is 1. The normalized spacial score (nSPS) is 27.5. The van der Waals surface area contributed by atoms with Crippen LogP contribution in [0.3, 0.4) is 0 Å². The van der Waals surface area contributed by atoms with Crippen LogP contribution in [0, 0.1) is 5.92 Å². The maximum atomic E-state index is 11.6. The quantitative estimate of drug-likeness (QED) is 0.837. The molecule has 1 N–H and O–H groups in total. The Morgan fingerprint density at radius 1 is 1.58 bits per heavy atom. The van der Waals surface area contributed by atoms with Crippen LogP contribution in [0.15, 0.2) is 5.16 Å². The van der Waals surface area contributed by atoms with Crippen molar-refractivity contribution in [3.8, 4) is 0 Å². The van der Waals surface area contributed by atoms with E-state index in [1.165, 1.54) is 6.42 Å². The Morgan fingerprint density at radius 2 is 2.37 bits per heavy atom. The van der Waals surface area contributed by atoms with E-state index in [9.17, 15) is 4.79 Å². The fourth-order valence-corrected chi connectivity index (χ4v) is 2.83. The van der Waals surface area contributed by atoms with Gasteiger partial charge in [-0.25, -0.2) is 0 Å². The first-order valence-electron chi connectivity index (χ1n) is 7.24. The zero-order chi connectivity index (χ0) is 13.9. The van der Waals surface area contributed by atoms with Crippen molar-refractivity contribution in [3.05, 3.63) is 0 Å². The molecule has 2 aliphatic rings. The van der Waals surface area contributed by atoms with Gasteiger partial charge in [0.1, 0.15) is 5.71 Å². The number of nitrogens with one attached hydrogen (secondary N) is 1. The van der Waals surface area contributed by atoms with Crippen molar-refractivity contribution in [2.75, 3.05) is 26.7 Å². The predicted octanol–water partition coefficient (Wildman–Crippen LogP) is 1.39. The summed E-state index contributed by atoms with van der Waals surface area (Å²) in [6.07, 6.45) is 3.97. The van der Waals surface area contributed by atoms with Crippen LogP contribution in [-0.2, 0) is 9.63 Å². The lowest BCUT2D eigenvalue weighted by Gasteiger charge is -2.38. The van der Waals surface area contributed by atoms with Crippen molar-refractivity contribution in [3.63, 3.8) is 0 Å². The summed E-state index contributed by atoms with van der Waals surface area (Å²) in [6, 6.07) is 0. The van der Waals surface area contributed by atoms with E-state index in [4.69, 9.17) is 4.84 Å². The largest absolute Gasteiger partial charge is 0.387 e. The number of piperidine rings is 1. The number of carbonyl (C=O) groups excluding carboxylic acids is 1. The number of hydrogen-bond donors (Lipinski definition) is 1. The Bertz CT molecular complexity index is 368. The Balaban J connectivity index is 1.90. The van der Waals surface area contributed by atoms with Gasteiger partial charge in [0.25, 0.3) is 5.91 Å². The number of nitrogens with zero attached hydrogens (tertiary/aromatic N) is 2. The predicted molar refractivity (Wildman–Crippen MR) is 75.1 cm³/mol. The van der Waals surface area contributed by atoms with Gasteiger partial charge in [-0.2, -0.15) is 0 Å². The molecule has 1 atom stereocenters. The first kappa shape index (κ1) is 14.3. The highest BCUT2D eigenvalue weighted by Gasteiger charge is 2.44. The van der Waals surface area contributed by atoms with Crippen LogP contribution < -0.4 is 5.32 Å². The fourth-order valence-electron chi connectivity index (χ4n) is 2.83. The van der Waals surface area contributed by atoms with Crippen molar-refractivity contribution in [1.29, 1.82) is 0 Å². The van der Waals surface area contributed by atoms with Crippen LogP contribution in [-0.4, -0.2) is 48.8 Å². The molecule has 0 aromatic rings. The minimum absolute atomic E-state index is 0.115. The number of amides is 1. The molecule has 0 unspecified atom stereocenters. The fraction of sp³-hybridized carbons (Fsp3) is 0.857. The summed E-state index contributed by atoms with van der Waals surface area (Å²) in [7, 11) is 1.63. The molecule has 0 saturated carbocycles. The Labute approximate surface area is 115 Å². The SMILES string of the molecule is CNC(=O)C1=NO[C@]2(CCCN(CCC(C)C)C2)C1. The highest BCUT2D eigenvalue weighted by Crippen LogP contribution is 2.33. The summed E-state index contributed by atoms with van der Waals surface area (Å²) in [5, 5.41) is 6.61.